The van der Waals surface area contributed by atoms with Crippen molar-refractivity contribution in [3.8, 4) is 0 Å². The number of hydrogen-bond acceptors (Lipinski definition) is 6. The van der Waals surface area contributed by atoms with Crippen LogP contribution in [0.25, 0.3) is 5.57 Å². The van der Waals surface area contributed by atoms with Gasteiger partial charge in [0, 0.05) is 55.3 Å². The number of nitrogens with one attached hydrogen (secondary N) is 4. The Kier molecular flexibility index (Phi) is 8.90. The highest BCUT2D eigenvalue weighted by atomic mass is 19.4. The van der Waals surface area contributed by atoms with E-state index in [2.05, 4.69) is 20.6 Å². The third kappa shape index (κ3) is 7.51. The summed E-state index contributed by atoms with van der Waals surface area (Å²) in [5, 5.41) is 13.9. The van der Waals surface area contributed by atoms with Crippen LogP contribution in [0.4, 0.5) is 19.0 Å². The van der Waals surface area contributed by atoms with E-state index in [1.54, 1.807) is 24.8 Å². The SMILES string of the molecule is Cc1cc(C)c(CNC(=O)c2cc(C3=CCN(CCC(F)(F)F)CC3)nc(NC(C)C)c2C=N)c(=O)[nH]1. The number of amides is 1. The van der Waals surface area contributed by atoms with E-state index in [9.17, 15) is 22.8 Å². The molecular weight excluding hydrogens is 485 g/mol. The summed E-state index contributed by atoms with van der Waals surface area (Å²) in [6.07, 6.45) is -1.68. The molecule has 1 aliphatic heterocycles. The molecule has 0 aliphatic carbocycles. The molecule has 0 aromatic carbocycles. The van der Waals surface area contributed by atoms with Gasteiger partial charge in [0.2, 0.25) is 0 Å². The van der Waals surface area contributed by atoms with E-state index >= 15 is 0 Å². The molecule has 11 heteroatoms. The van der Waals surface area contributed by atoms with Crippen LogP contribution in [-0.4, -0.2) is 58.8 Å². The summed E-state index contributed by atoms with van der Waals surface area (Å²) in [6.45, 7) is 8.14. The predicted molar refractivity (Wildman–Crippen MR) is 138 cm³/mol. The third-order valence-corrected chi connectivity index (χ3v) is 6.13. The highest BCUT2D eigenvalue weighted by Gasteiger charge is 2.28. The normalized spacial score (nSPS) is 14.4. The van der Waals surface area contributed by atoms with Crippen LogP contribution in [-0.2, 0) is 6.54 Å². The average Bonchev–Trinajstić information content (AvgIpc) is 2.81. The van der Waals surface area contributed by atoms with Gasteiger partial charge in [-0.25, -0.2) is 4.98 Å². The number of halogens is 3. The second kappa shape index (κ2) is 11.7. The number of H-pyrrole nitrogens is 1. The molecule has 0 unspecified atom stereocenters. The maximum atomic E-state index is 13.3. The Labute approximate surface area is 213 Å². The number of aromatic amines is 1. The topological polar surface area (TPSA) is 114 Å². The van der Waals surface area contributed by atoms with Crippen molar-refractivity contribution in [1.82, 2.24) is 20.2 Å². The fraction of sp³-hybridized carbons (Fsp3) is 0.462. The van der Waals surface area contributed by atoms with Crippen LogP contribution in [0.3, 0.4) is 0 Å². The fourth-order valence-electron chi connectivity index (χ4n) is 4.23. The number of anilines is 1. The van der Waals surface area contributed by atoms with E-state index in [4.69, 9.17) is 5.41 Å². The van der Waals surface area contributed by atoms with E-state index in [0.29, 0.717) is 42.1 Å². The monoisotopic (exact) mass is 518 g/mol. The third-order valence-electron chi connectivity index (χ3n) is 6.13. The number of alkyl halides is 3. The molecule has 0 atom stereocenters. The highest BCUT2D eigenvalue weighted by molar-refractivity contribution is 6.05. The number of pyridine rings is 2. The number of carbonyl (C=O) groups excluding carboxylic acids is 1. The van der Waals surface area contributed by atoms with Crippen LogP contribution in [0.2, 0.25) is 0 Å². The number of nitrogens with zero attached hydrogens (tertiary/aromatic N) is 2. The molecule has 1 aliphatic rings. The lowest BCUT2D eigenvalue weighted by molar-refractivity contribution is -0.137. The molecule has 3 rings (SSSR count). The first-order chi connectivity index (χ1) is 17.4. The van der Waals surface area contributed by atoms with Crippen molar-refractivity contribution >= 4 is 23.5 Å². The van der Waals surface area contributed by atoms with Crippen LogP contribution in [0.1, 0.15) is 65.1 Å². The number of aromatic nitrogens is 2. The summed E-state index contributed by atoms with van der Waals surface area (Å²) in [5.74, 6) is -0.0889. The van der Waals surface area contributed by atoms with E-state index in [-0.39, 0.29) is 30.3 Å². The zero-order valence-electron chi connectivity index (χ0n) is 21.5. The Morgan fingerprint density at radius 1 is 1.30 bits per heavy atom. The summed E-state index contributed by atoms with van der Waals surface area (Å²) in [4.78, 5) is 34.7. The van der Waals surface area contributed by atoms with Gasteiger partial charge in [-0.05, 0) is 57.4 Å². The Balaban J connectivity index is 1.89. The van der Waals surface area contributed by atoms with Crippen LogP contribution in [0, 0.1) is 19.3 Å². The molecule has 2 aromatic heterocycles. The Hall–Kier alpha value is -3.47. The smallest absolute Gasteiger partial charge is 0.367 e. The molecule has 3 heterocycles. The van der Waals surface area contributed by atoms with E-state index < -0.39 is 18.5 Å². The van der Waals surface area contributed by atoms with Gasteiger partial charge < -0.3 is 21.0 Å². The summed E-state index contributed by atoms with van der Waals surface area (Å²) in [6, 6.07) is 3.41. The van der Waals surface area contributed by atoms with Gasteiger partial charge in [0.05, 0.1) is 17.7 Å². The first-order valence-corrected chi connectivity index (χ1v) is 12.2. The van der Waals surface area contributed by atoms with Gasteiger partial charge >= 0.3 is 6.18 Å². The van der Waals surface area contributed by atoms with E-state index in [1.165, 1.54) is 0 Å². The van der Waals surface area contributed by atoms with Crippen molar-refractivity contribution in [2.24, 2.45) is 0 Å². The molecule has 200 valence electrons. The zero-order valence-corrected chi connectivity index (χ0v) is 21.5. The molecule has 0 spiro atoms. The summed E-state index contributed by atoms with van der Waals surface area (Å²) >= 11 is 0. The minimum absolute atomic E-state index is 0.0131. The predicted octanol–water partition coefficient (Wildman–Crippen LogP) is 4.18. The van der Waals surface area contributed by atoms with Crippen molar-refractivity contribution in [3.05, 3.63) is 62.2 Å². The van der Waals surface area contributed by atoms with Crippen LogP contribution >= 0.6 is 0 Å². The second-order valence-corrected chi connectivity index (χ2v) is 9.53. The van der Waals surface area contributed by atoms with Crippen molar-refractivity contribution in [1.29, 1.82) is 5.41 Å². The van der Waals surface area contributed by atoms with Gasteiger partial charge in [0.15, 0.2) is 0 Å². The lowest BCUT2D eigenvalue weighted by Gasteiger charge is -2.27. The van der Waals surface area contributed by atoms with E-state index in [0.717, 1.165) is 23.0 Å². The maximum Gasteiger partial charge on any atom is 0.390 e. The minimum Gasteiger partial charge on any atom is -0.367 e. The van der Waals surface area contributed by atoms with Gasteiger partial charge in [0.25, 0.3) is 11.5 Å². The lowest BCUT2D eigenvalue weighted by atomic mass is 9.99. The Bertz CT molecular complexity index is 1250. The first kappa shape index (κ1) is 28.1. The highest BCUT2D eigenvalue weighted by Crippen LogP contribution is 2.28. The standard InChI is InChI=1S/C26H33F3N6O2/c1-15(2)32-23-20(13-30)19(24(36)31-14-21-16(3)11-17(4)33-25(21)37)12-22(34-23)18-5-8-35(9-6-18)10-7-26(27,28)29/h5,11-13,15,30H,6-10,14H2,1-4H3,(H,31,36)(H,32,34)(H,33,37). The largest absolute Gasteiger partial charge is 0.390 e. The molecular formula is C26H33F3N6O2. The fourth-order valence-corrected chi connectivity index (χ4v) is 4.23. The lowest BCUT2D eigenvalue weighted by Crippen LogP contribution is -2.32. The Morgan fingerprint density at radius 2 is 2.03 bits per heavy atom. The van der Waals surface area contributed by atoms with E-state index in [1.807, 2.05) is 26.0 Å². The zero-order chi connectivity index (χ0) is 27.3. The second-order valence-electron chi connectivity index (χ2n) is 9.53. The van der Waals surface area contributed by atoms with Crippen LogP contribution in [0.5, 0.6) is 0 Å². The molecule has 8 nitrogen and oxygen atoms in total. The summed E-state index contributed by atoms with van der Waals surface area (Å²) in [5.41, 5.74) is 3.55. The quantitative estimate of drug-likeness (QED) is 0.372. The molecule has 0 saturated heterocycles. The number of hydrogen-bond donors (Lipinski definition) is 4. The summed E-state index contributed by atoms with van der Waals surface area (Å²) in [7, 11) is 0. The molecule has 4 N–H and O–H groups in total. The molecule has 0 radical (unpaired) electrons. The molecule has 0 bridgehead atoms. The van der Waals surface area contributed by atoms with Crippen LogP contribution < -0.4 is 16.2 Å². The van der Waals surface area contributed by atoms with Crippen molar-refractivity contribution in [3.63, 3.8) is 0 Å². The number of carbonyl (C=O) groups is 1. The van der Waals surface area contributed by atoms with Gasteiger partial charge in [-0.2, -0.15) is 13.2 Å². The maximum absolute atomic E-state index is 13.3. The van der Waals surface area contributed by atoms with Gasteiger partial charge in [-0.1, -0.05) is 6.08 Å². The average molecular weight is 519 g/mol. The number of aryl methyl sites for hydroxylation is 2. The Morgan fingerprint density at radius 3 is 2.59 bits per heavy atom. The molecule has 1 amide bonds. The number of rotatable bonds is 9. The first-order valence-electron chi connectivity index (χ1n) is 12.2. The molecule has 37 heavy (non-hydrogen) atoms. The van der Waals surface area contributed by atoms with Crippen molar-refractivity contribution in [2.45, 2.75) is 59.3 Å². The molecule has 0 fully saturated rings. The van der Waals surface area contributed by atoms with Gasteiger partial charge in [-0.15, -0.1) is 0 Å². The van der Waals surface area contributed by atoms with Crippen molar-refractivity contribution < 1.29 is 18.0 Å². The van der Waals surface area contributed by atoms with Gasteiger partial charge in [0.1, 0.15) is 5.82 Å². The van der Waals surface area contributed by atoms with Crippen LogP contribution in [0.15, 0.2) is 23.0 Å². The molecule has 2 aromatic rings. The molecule has 0 saturated carbocycles. The van der Waals surface area contributed by atoms with Gasteiger partial charge in [-0.3, -0.25) is 14.5 Å². The summed E-state index contributed by atoms with van der Waals surface area (Å²) < 4.78 is 37.8. The minimum atomic E-state index is -4.20. The van der Waals surface area contributed by atoms with Crippen molar-refractivity contribution in [2.75, 3.05) is 25.0 Å².